The van der Waals surface area contributed by atoms with E-state index in [-0.39, 0.29) is 17.9 Å². The SMILES string of the molecule is COC(=O)[C@@H]1C[C@H](O)C[C@@H]1N. The highest BCUT2D eigenvalue weighted by Gasteiger charge is 2.36. The lowest BCUT2D eigenvalue weighted by Gasteiger charge is -2.10. The van der Waals surface area contributed by atoms with E-state index < -0.39 is 6.10 Å². The summed E-state index contributed by atoms with van der Waals surface area (Å²) >= 11 is 0. The van der Waals surface area contributed by atoms with Crippen molar-refractivity contribution in [1.29, 1.82) is 0 Å². The van der Waals surface area contributed by atoms with Crippen molar-refractivity contribution in [2.24, 2.45) is 11.7 Å². The summed E-state index contributed by atoms with van der Waals surface area (Å²) in [7, 11) is 1.33. The molecule has 4 nitrogen and oxygen atoms in total. The maximum absolute atomic E-state index is 11.0. The summed E-state index contributed by atoms with van der Waals surface area (Å²) in [4.78, 5) is 11.0. The second-order valence-electron chi connectivity index (χ2n) is 2.92. The molecule has 64 valence electrons. The summed E-state index contributed by atoms with van der Waals surface area (Å²) in [5, 5.41) is 9.13. The normalized spacial score (nSPS) is 37.2. The van der Waals surface area contributed by atoms with Gasteiger partial charge in [0.05, 0.1) is 19.1 Å². The molecule has 3 N–H and O–H groups in total. The Kier molecular flexibility index (Phi) is 2.46. The Hall–Kier alpha value is -0.610. The molecule has 0 heterocycles. The number of nitrogens with two attached hydrogens (primary N) is 1. The van der Waals surface area contributed by atoms with Gasteiger partial charge in [0.25, 0.3) is 0 Å². The van der Waals surface area contributed by atoms with Crippen molar-refractivity contribution >= 4 is 5.97 Å². The second-order valence-corrected chi connectivity index (χ2v) is 2.92. The summed E-state index contributed by atoms with van der Waals surface area (Å²) in [6.45, 7) is 0. The first-order valence-electron chi connectivity index (χ1n) is 3.66. The predicted molar refractivity (Wildman–Crippen MR) is 38.7 cm³/mol. The second kappa shape index (κ2) is 3.19. The fraction of sp³-hybridized carbons (Fsp3) is 0.857. The van der Waals surface area contributed by atoms with Gasteiger partial charge >= 0.3 is 5.97 Å². The molecule has 11 heavy (non-hydrogen) atoms. The van der Waals surface area contributed by atoms with Gasteiger partial charge in [0, 0.05) is 6.04 Å². The van der Waals surface area contributed by atoms with Crippen molar-refractivity contribution in [2.75, 3.05) is 7.11 Å². The molecule has 3 atom stereocenters. The first-order chi connectivity index (χ1) is 5.15. The van der Waals surface area contributed by atoms with Gasteiger partial charge in [-0.1, -0.05) is 0 Å². The molecular weight excluding hydrogens is 146 g/mol. The molecule has 4 heteroatoms. The topological polar surface area (TPSA) is 72.5 Å². The van der Waals surface area contributed by atoms with Crippen molar-refractivity contribution in [2.45, 2.75) is 25.0 Å². The lowest BCUT2D eigenvalue weighted by Crippen LogP contribution is -2.31. The van der Waals surface area contributed by atoms with Gasteiger partial charge in [-0.25, -0.2) is 0 Å². The summed E-state index contributed by atoms with van der Waals surface area (Å²) in [6, 6.07) is -0.238. The lowest BCUT2D eigenvalue weighted by atomic mass is 10.1. The molecule has 0 unspecified atom stereocenters. The van der Waals surface area contributed by atoms with Gasteiger partial charge in [0.1, 0.15) is 0 Å². The molecule has 1 fully saturated rings. The Bertz CT molecular complexity index is 160. The van der Waals surface area contributed by atoms with Crippen LogP contribution in [0.1, 0.15) is 12.8 Å². The van der Waals surface area contributed by atoms with Crippen LogP contribution in [-0.2, 0) is 9.53 Å². The third-order valence-electron chi connectivity index (χ3n) is 2.09. The Morgan fingerprint density at radius 3 is 2.64 bits per heavy atom. The standard InChI is InChI=1S/C7H13NO3/c1-11-7(10)5-2-4(9)3-6(5)8/h4-6,9H,2-3,8H2,1H3/t4-,5+,6-/m0/s1. The maximum atomic E-state index is 11.0. The number of hydrogen-bond acceptors (Lipinski definition) is 4. The van der Waals surface area contributed by atoms with Gasteiger partial charge in [0.2, 0.25) is 0 Å². The number of carbonyl (C=O) groups excluding carboxylic acids is 1. The number of methoxy groups -OCH3 is 1. The lowest BCUT2D eigenvalue weighted by molar-refractivity contribution is -0.145. The molecule has 1 aliphatic rings. The van der Waals surface area contributed by atoms with Gasteiger partial charge in [-0.15, -0.1) is 0 Å². The fourth-order valence-corrected chi connectivity index (χ4v) is 1.46. The van der Waals surface area contributed by atoms with Crippen molar-refractivity contribution in [3.8, 4) is 0 Å². The Morgan fingerprint density at radius 2 is 2.27 bits per heavy atom. The van der Waals surface area contributed by atoms with Crippen LogP contribution in [0.5, 0.6) is 0 Å². The highest BCUT2D eigenvalue weighted by molar-refractivity contribution is 5.73. The van der Waals surface area contributed by atoms with E-state index in [9.17, 15) is 4.79 Å². The molecule has 0 radical (unpaired) electrons. The summed E-state index contributed by atoms with van der Waals surface area (Å²) in [6.07, 6.45) is 0.502. The van der Waals surface area contributed by atoms with Gasteiger partial charge in [-0.3, -0.25) is 4.79 Å². The average molecular weight is 159 g/mol. The molecule has 0 aromatic rings. The van der Waals surface area contributed by atoms with Crippen LogP contribution in [-0.4, -0.2) is 30.3 Å². The van der Waals surface area contributed by atoms with Crippen LogP contribution in [0.4, 0.5) is 0 Å². The molecule has 0 spiro atoms. The smallest absolute Gasteiger partial charge is 0.310 e. The minimum atomic E-state index is -0.436. The molecule has 0 aliphatic heterocycles. The summed E-state index contributed by atoms with van der Waals surface area (Å²) in [5.74, 6) is -0.621. The van der Waals surface area contributed by atoms with E-state index in [0.717, 1.165) is 0 Å². The predicted octanol–water partition coefficient (Wildman–Crippen LogP) is -0.742. The largest absolute Gasteiger partial charge is 0.469 e. The van der Waals surface area contributed by atoms with E-state index in [1.807, 2.05) is 0 Å². The van der Waals surface area contributed by atoms with E-state index in [1.165, 1.54) is 7.11 Å². The maximum Gasteiger partial charge on any atom is 0.310 e. The van der Waals surface area contributed by atoms with Gasteiger partial charge in [0.15, 0.2) is 0 Å². The van der Waals surface area contributed by atoms with E-state index in [0.29, 0.717) is 12.8 Å². The zero-order valence-corrected chi connectivity index (χ0v) is 6.49. The van der Waals surface area contributed by atoms with Crippen LogP contribution < -0.4 is 5.73 Å². The number of hydrogen-bond donors (Lipinski definition) is 2. The molecule has 1 rings (SSSR count). The van der Waals surface area contributed by atoms with Crippen molar-refractivity contribution in [3.63, 3.8) is 0 Å². The fourth-order valence-electron chi connectivity index (χ4n) is 1.46. The Morgan fingerprint density at radius 1 is 1.64 bits per heavy atom. The van der Waals surface area contributed by atoms with Gasteiger partial charge < -0.3 is 15.6 Å². The molecule has 1 saturated carbocycles. The van der Waals surface area contributed by atoms with Gasteiger partial charge in [-0.05, 0) is 12.8 Å². The summed E-state index contributed by atoms with van der Waals surface area (Å²) in [5.41, 5.74) is 5.59. The number of carbonyl (C=O) groups is 1. The van der Waals surface area contributed by atoms with E-state index in [2.05, 4.69) is 4.74 Å². The Labute approximate surface area is 65.3 Å². The van der Waals surface area contributed by atoms with E-state index >= 15 is 0 Å². The monoisotopic (exact) mass is 159 g/mol. The third-order valence-corrected chi connectivity index (χ3v) is 2.09. The van der Waals surface area contributed by atoms with E-state index in [1.54, 1.807) is 0 Å². The number of aliphatic hydroxyl groups excluding tert-OH is 1. The first-order valence-corrected chi connectivity index (χ1v) is 3.66. The van der Waals surface area contributed by atoms with E-state index in [4.69, 9.17) is 10.8 Å². The molecule has 0 bridgehead atoms. The van der Waals surface area contributed by atoms with Crippen molar-refractivity contribution < 1.29 is 14.6 Å². The average Bonchev–Trinajstić information content (AvgIpc) is 2.28. The summed E-state index contributed by atoms with van der Waals surface area (Å²) < 4.78 is 4.52. The molecule has 0 saturated heterocycles. The molecular formula is C7H13NO3. The number of ether oxygens (including phenoxy) is 1. The third kappa shape index (κ3) is 1.70. The molecule has 0 amide bonds. The number of rotatable bonds is 1. The van der Waals surface area contributed by atoms with Crippen LogP contribution in [0.3, 0.4) is 0 Å². The minimum Gasteiger partial charge on any atom is -0.469 e. The minimum absolute atomic E-state index is 0.238. The Balaban J connectivity index is 2.52. The zero-order valence-electron chi connectivity index (χ0n) is 6.49. The highest BCUT2D eigenvalue weighted by atomic mass is 16.5. The number of esters is 1. The van der Waals surface area contributed by atoms with Crippen LogP contribution in [0.25, 0.3) is 0 Å². The number of aliphatic hydroxyl groups is 1. The van der Waals surface area contributed by atoms with Crippen LogP contribution in [0, 0.1) is 5.92 Å². The highest BCUT2D eigenvalue weighted by Crippen LogP contribution is 2.25. The van der Waals surface area contributed by atoms with Crippen molar-refractivity contribution in [3.05, 3.63) is 0 Å². The van der Waals surface area contributed by atoms with Crippen LogP contribution in [0.2, 0.25) is 0 Å². The zero-order chi connectivity index (χ0) is 8.43. The van der Waals surface area contributed by atoms with Gasteiger partial charge in [-0.2, -0.15) is 0 Å². The van der Waals surface area contributed by atoms with Crippen LogP contribution in [0.15, 0.2) is 0 Å². The molecule has 0 aromatic heterocycles. The molecule has 1 aliphatic carbocycles. The molecule has 0 aromatic carbocycles. The quantitative estimate of drug-likeness (QED) is 0.494. The van der Waals surface area contributed by atoms with Crippen LogP contribution >= 0.6 is 0 Å². The first kappa shape index (κ1) is 8.49. The van der Waals surface area contributed by atoms with Crippen molar-refractivity contribution in [1.82, 2.24) is 0 Å².